The first-order valence-electron chi connectivity index (χ1n) is 4.26. The van der Waals surface area contributed by atoms with Crippen LogP contribution in [-0.4, -0.2) is 16.1 Å². The molecule has 82 valence electrons. The minimum atomic E-state index is -1.27. The van der Waals surface area contributed by atoms with Crippen molar-refractivity contribution in [3.05, 3.63) is 47.5 Å². The SMILES string of the molecule is O=Cc1cnn(-c2cc(F)c(F)cc2F)c1. The van der Waals surface area contributed by atoms with E-state index in [9.17, 15) is 18.0 Å². The molecule has 3 nitrogen and oxygen atoms in total. The number of hydrogen-bond donors (Lipinski definition) is 0. The first-order chi connectivity index (χ1) is 7.61. The van der Waals surface area contributed by atoms with Gasteiger partial charge in [-0.3, -0.25) is 4.79 Å². The van der Waals surface area contributed by atoms with Gasteiger partial charge in [-0.25, -0.2) is 17.9 Å². The summed E-state index contributed by atoms with van der Waals surface area (Å²) in [6.07, 6.45) is 2.91. The Morgan fingerprint density at radius 3 is 2.44 bits per heavy atom. The van der Waals surface area contributed by atoms with Crippen LogP contribution in [0, 0.1) is 17.5 Å². The van der Waals surface area contributed by atoms with Crippen LogP contribution in [0.15, 0.2) is 24.5 Å². The van der Waals surface area contributed by atoms with Crippen LogP contribution in [0.4, 0.5) is 13.2 Å². The van der Waals surface area contributed by atoms with Crippen LogP contribution >= 0.6 is 0 Å². The molecular weight excluding hydrogens is 221 g/mol. The van der Waals surface area contributed by atoms with Gasteiger partial charge in [0.1, 0.15) is 5.69 Å². The van der Waals surface area contributed by atoms with Crippen molar-refractivity contribution in [3.63, 3.8) is 0 Å². The highest BCUT2D eigenvalue weighted by Gasteiger charge is 2.12. The van der Waals surface area contributed by atoms with Crippen molar-refractivity contribution in [1.29, 1.82) is 0 Å². The fourth-order valence-electron chi connectivity index (χ4n) is 1.22. The van der Waals surface area contributed by atoms with Gasteiger partial charge in [0, 0.05) is 18.3 Å². The van der Waals surface area contributed by atoms with Crippen molar-refractivity contribution in [2.24, 2.45) is 0 Å². The molecule has 1 heterocycles. The van der Waals surface area contributed by atoms with Crippen LogP contribution in [0.2, 0.25) is 0 Å². The molecule has 0 saturated carbocycles. The van der Waals surface area contributed by atoms with Crippen molar-refractivity contribution < 1.29 is 18.0 Å². The van der Waals surface area contributed by atoms with E-state index < -0.39 is 17.5 Å². The zero-order chi connectivity index (χ0) is 11.7. The number of carbonyl (C=O) groups is 1. The molecule has 0 aliphatic rings. The molecule has 0 N–H and O–H groups in total. The number of halogens is 3. The Morgan fingerprint density at radius 1 is 1.12 bits per heavy atom. The lowest BCUT2D eigenvalue weighted by atomic mass is 10.3. The number of aldehydes is 1. The fourth-order valence-corrected chi connectivity index (χ4v) is 1.22. The standard InChI is InChI=1S/C10H5F3N2O/c11-7-1-9(13)10(2-8(7)12)15-4-6(5-16)3-14-15/h1-5H. The second-order valence-corrected chi connectivity index (χ2v) is 3.05. The molecule has 1 aromatic carbocycles. The number of benzene rings is 1. The van der Waals surface area contributed by atoms with E-state index in [0.717, 1.165) is 4.68 Å². The summed E-state index contributed by atoms with van der Waals surface area (Å²) in [5, 5.41) is 3.65. The largest absolute Gasteiger partial charge is 0.298 e. The molecule has 0 fully saturated rings. The van der Waals surface area contributed by atoms with E-state index in [4.69, 9.17) is 0 Å². The van der Waals surface area contributed by atoms with Crippen molar-refractivity contribution in [2.45, 2.75) is 0 Å². The average molecular weight is 226 g/mol. The fraction of sp³-hybridized carbons (Fsp3) is 0. The van der Waals surface area contributed by atoms with Crippen LogP contribution in [0.3, 0.4) is 0 Å². The number of carbonyl (C=O) groups excluding carboxylic acids is 1. The third-order valence-electron chi connectivity index (χ3n) is 1.98. The quantitative estimate of drug-likeness (QED) is 0.580. The third kappa shape index (κ3) is 1.69. The molecule has 0 aliphatic carbocycles. The second kappa shape index (κ2) is 3.80. The Hall–Kier alpha value is -2.11. The van der Waals surface area contributed by atoms with Crippen molar-refractivity contribution >= 4 is 6.29 Å². The molecule has 0 saturated heterocycles. The molecule has 0 atom stereocenters. The Labute approximate surface area is 88.1 Å². The van der Waals surface area contributed by atoms with Crippen LogP contribution in [0.1, 0.15) is 10.4 Å². The van der Waals surface area contributed by atoms with E-state index in [-0.39, 0.29) is 11.3 Å². The minimum Gasteiger partial charge on any atom is -0.298 e. The van der Waals surface area contributed by atoms with E-state index in [2.05, 4.69) is 5.10 Å². The van der Waals surface area contributed by atoms with Gasteiger partial charge in [0.05, 0.1) is 11.8 Å². The lowest BCUT2D eigenvalue weighted by Crippen LogP contribution is -2.00. The molecule has 0 radical (unpaired) electrons. The number of nitrogens with zero attached hydrogens (tertiary/aromatic N) is 2. The molecule has 0 aliphatic heterocycles. The van der Waals surface area contributed by atoms with E-state index in [1.807, 2.05) is 0 Å². The lowest BCUT2D eigenvalue weighted by Gasteiger charge is -2.03. The number of aromatic nitrogens is 2. The molecule has 16 heavy (non-hydrogen) atoms. The van der Waals surface area contributed by atoms with Crippen molar-refractivity contribution in [2.75, 3.05) is 0 Å². The summed E-state index contributed by atoms with van der Waals surface area (Å²) in [4.78, 5) is 10.4. The highest BCUT2D eigenvalue weighted by molar-refractivity contribution is 5.73. The smallest absolute Gasteiger partial charge is 0.161 e. The molecule has 2 aromatic rings. The zero-order valence-electron chi connectivity index (χ0n) is 7.82. The predicted octanol–water partition coefficient (Wildman–Crippen LogP) is 2.10. The van der Waals surface area contributed by atoms with E-state index in [1.54, 1.807) is 0 Å². The van der Waals surface area contributed by atoms with Crippen LogP contribution < -0.4 is 0 Å². The first-order valence-corrected chi connectivity index (χ1v) is 4.26. The maximum atomic E-state index is 13.3. The molecule has 6 heteroatoms. The van der Waals surface area contributed by atoms with Gasteiger partial charge in [-0.1, -0.05) is 0 Å². The maximum Gasteiger partial charge on any atom is 0.161 e. The highest BCUT2D eigenvalue weighted by Crippen LogP contribution is 2.17. The lowest BCUT2D eigenvalue weighted by molar-refractivity contribution is 0.112. The summed E-state index contributed by atoms with van der Waals surface area (Å²) in [7, 11) is 0. The molecule has 0 bridgehead atoms. The summed E-state index contributed by atoms with van der Waals surface area (Å²) < 4.78 is 39.8. The monoisotopic (exact) mass is 226 g/mol. The van der Waals surface area contributed by atoms with E-state index in [1.165, 1.54) is 12.4 Å². The van der Waals surface area contributed by atoms with Gasteiger partial charge in [0.2, 0.25) is 0 Å². The average Bonchev–Trinajstić information content (AvgIpc) is 2.71. The Bertz CT molecular complexity index is 551. The van der Waals surface area contributed by atoms with Gasteiger partial charge in [0.25, 0.3) is 0 Å². The normalized spacial score (nSPS) is 10.4. The molecule has 0 spiro atoms. The third-order valence-corrected chi connectivity index (χ3v) is 1.98. The van der Waals surface area contributed by atoms with Crippen molar-refractivity contribution in [3.8, 4) is 5.69 Å². The highest BCUT2D eigenvalue weighted by atomic mass is 19.2. The van der Waals surface area contributed by atoms with Crippen LogP contribution in [0.5, 0.6) is 0 Å². The van der Waals surface area contributed by atoms with Crippen LogP contribution in [-0.2, 0) is 0 Å². The molecule has 0 unspecified atom stereocenters. The van der Waals surface area contributed by atoms with Crippen LogP contribution in [0.25, 0.3) is 5.69 Å². The van der Waals surface area contributed by atoms with Gasteiger partial charge in [-0.2, -0.15) is 5.10 Å². The molecule has 2 rings (SSSR count). The number of hydrogen-bond acceptors (Lipinski definition) is 2. The number of rotatable bonds is 2. The van der Waals surface area contributed by atoms with Gasteiger partial charge in [-0.15, -0.1) is 0 Å². The molecule has 1 aromatic heterocycles. The van der Waals surface area contributed by atoms with Gasteiger partial charge < -0.3 is 0 Å². The van der Waals surface area contributed by atoms with Crippen molar-refractivity contribution in [1.82, 2.24) is 9.78 Å². The topological polar surface area (TPSA) is 34.9 Å². The summed E-state index contributed by atoms with van der Waals surface area (Å²) in [6.45, 7) is 0. The summed E-state index contributed by atoms with van der Waals surface area (Å²) >= 11 is 0. The van der Waals surface area contributed by atoms with Gasteiger partial charge >= 0.3 is 0 Å². The second-order valence-electron chi connectivity index (χ2n) is 3.05. The molecular formula is C10H5F3N2O. The Morgan fingerprint density at radius 2 is 1.81 bits per heavy atom. The van der Waals surface area contributed by atoms with Gasteiger partial charge in [-0.05, 0) is 0 Å². The Kier molecular flexibility index (Phi) is 2.47. The zero-order valence-corrected chi connectivity index (χ0v) is 7.82. The summed E-state index contributed by atoms with van der Waals surface area (Å²) in [5.41, 5.74) is -0.0452. The van der Waals surface area contributed by atoms with Gasteiger partial charge in [0.15, 0.2) is 23.7 Å². The first kappa shape index (κ1) is 10.4. The Balaban J connectivity index is 2.55. The van der Waals surface area contributed by atoms with E-state index in [0.29, 0.717) is 18.4 Å². The summed E-state index contributed by atoms with van der Waals surface area (Å²) in [6, 6.07) is 1.10. The minimum absolute atomic E-state index is 0.212. The van der Waals surface area contributed by atoms with E-state index >= 15 is 0 Å². The molecule has 0 amide bonds. The summed E-state index contributed by atoms with van der Waals surface area (Å²) in [5.74, 6) is -3.41. The predicted molar refractivity (Wildman–Crippen MR) is 48.8 cm³/mol. The maximum absolute atomic E-state index is 13.3.